The van der Waals surface area contributed by atoms with Crippen molar-refractivity contribution in [2.75, 3.05) is 5.32 Å². The maximum atomic E-state index is 10.9. The summed E-state index contributed by atoms with van der Waals surface area (Å²) in [5, 5.41) is 14.6. The highest BCUT2D eigenvalue weighted by Crippen LogP contribution is 2.50. The zero-order valence-electron chi connectivity index (χ0n) is 12.9. The van der Waals surface area contributed by atoms with E-state index in [0.29, 0.717) is 11.8 Å². The van der Waals surface area contributed by atoms with E-state index in [4.69, 9.17) is 0 Å². The van der Waals surface area contributed by atoms with Crippen LogP contribution in [0.3, 0.4) is 0 Å². The molecule has 3 atom stereocenters. The van der Waals surface area contributed by atoms with Gasteiger partial charge in [0.2, 0.25) is 0 Å². The van der Waals surface area contributed by atoms with Crippen LogP contribution in [0.1, 0.15) is 35.1 Å². The van der Waals surface area contributed by atoms with Crippen LogP contribution in [0.4, 0.5) is 11.4 Å². The molecule has 4 rings (SSSR count). The third kappa shape index (κ3) is 2.22. The lowest BCUT2D eigenvalue weighted by Gasteiger charge is -2.38. The fourth-order valence-electron chi connectivity index (χ4n) is 3.91. The fourth-order valence-corrected chi connectivity index (χ4v) is 3.91. The summed E-state index contributed by atoms with van der Waals surface area (Å²) in [6.07, 6.45) is 5.60. The highest BCUT2D eigenvalue weighted by Gasteiger charge is 2.38. The first-order valence-corrected chi connectivity index (χ1v) is 7.92. The van der Waals surface area contributed by atoms with Crippen LogP contribution in [-0.4, -0.2) is 4.92 Å². The van der Waals surface area contributed by atoms with Crippen LogP contribution >= 0.6 is 0 Å². The minimum absolute atomic E-state index is 0.141. The van der Waals surface area contributed by atoms with Crippen molar-refractivity contribution in [3.8, 4) is 0 Å². The first kappa shape index (κ1) is 14.0. The van der Waals surface area contributed by atoms with Crippen LogP contribution in [0.5, 0.6) is 0 Å². The maximum absolute atomic E-state index is 10.9. The first-order chi connectivity index (χ1) is 11.1. The molecule has 0 saturated carbocycles. The number of hydrogen-bond donors (Lipinski definition) is 1. The SMILES string of the molecule is Cc1cccc2c1N[C@@H](c1ccc([N+](=O)[O-])cc1)[C@@H]1CC=C[C@@H]21. The number of rotatable bonds is 2. The van der Waals surface area contributed by atoms with E-state index in [1.165, 1.54) is 16.8 Å². The van der Waals surface area contributed by atoms with Crippen LogP contribution in [0.15, 0.2) is 54.6 Å². The summed E-state index contributed by atoms with van der Waals surface area (Å²) in [5.41, 5.74) is 5.07. The highest BCUT2D eigenvalue weighted by molar-refractivity contribution is 5.64. The highest BCUT2D eigenvalue weighted by atomic mass is 16.6. The van der Waals surface area contributed by atoms with Gasteiger partial charge in [0.15, 0.2) is 0 Å². The summed E-state index contributed by atoms with van der Waals surface area (Å²) < 4.78 is 0. The summed E-state index contributed by atoms with van der Waals surface area (Å²) in [6.45, 7) is 2.12. The van der Waals surface area contributed by atoms with E-state index in [-0.39, 0.29) is 16.7 Å². The van der Waals surface area contributed by atoms with Crippen molar-refractivity contribution in [1.82, 2.24) is 0 Å². The molecule has 2 aromatic rings. The van der Waals surface area contributed by atoms with Crippen molar-refractivity contribution in [1.29, 1.82) is 0 Å². The zero-order chi connectivity index (χ0) is 16.0. The molecule has 1 aliphatic carbocycles. The Morgan fingerprint density at radius 3 is 2.70 bits per heavy atom. The third-order valence-corrected chi connectivity index (χ3v) is 5.07. The van der Waals surface area contributed by atoms with E-state index in [1.807, 2.05) is 12.1 Å². The van der Waals surface area contributed by atoms with Crippen molar-refractivity contribution in [3.63, 3.8) is 0 Å². The van der Waals surface area contributed by atoms with Crippen LogP contribution in [0, 0.1) is 23.0 Å². The number of nitrogens with one attached hydrogen (secondary N) is 1. The Labute approximate surface area is 135 Å². The molecule has 0 unspecified atom stereocenters. The molecule has 2 aromatic carbocycles. The minimum atomic E-state index is -0.350. The van der Waals surface area contributed by atoms with Gasteiger partial charge in [-0.15, -0.1) is 0 Å². The maximum Gasteiger partial charge on any atom is 0.269 e. The molecule has 0 radical (unpaired) electrons. The number of anilines is 1. The summed E-state index contributed by atoms with van der Waals surface area (Å²) in [6, 6.07) is 13.6. The predicted molar refractivity (Wildman–Crippen MR) is 90.6 cm³/mol. The molecule has 0 fully saturated rings. The molecule has 1 N–H and O–H groups in total. The van der Waals surface area contributed by atoms with Gasteiger partial charge in [0.05, 0.1) is 11.0 Å². The summed E-state index contributed by atoms with van der Waals surface area (Å²) in [7, 11) is 0. The van der Waals surface area contributed by atoms with Gasteiger partial charge in [-0.05, 0) is 36.0 Å². The van der Waals surface area contributed by atoms with Gasteiger partial charge in [0.1, 0.15) is 0 Å². The van der Waals surface area contributed by atoms with Crippen LogP contribution < -0.4 is 5.32 Å². The Morgan fingerprint density at radius 1 is 1.17 bits per heavy atom. The van der Waals surface area contributed by atoms with Crippen LogP contribution in [-0.2, 0) is 0 Å². The standard InChI is InChI=1S/C19H18N2O2/c1-12-4-2-6-16-15-5-3-7-17(15)19(20-18(12)16)13-8-10-14(11-9-13)21(22)23/h2-6,8-11,15,17,19-20H,7H2,1H3/t15-,17+,19-/m0/s1. The number of benzene rings is 2. The van der Waals surface area contributed by atoms with Crippen molar-refractivity contribution in [3.05, 3.63) is 81.4 Å². The lowest BCUT2D eigenvalue weighted by atomic mass is 9.76. The second kappa shape index (κ2) is 5.23. The van der Waals surface area contributed by atoms with E-state index in [9.17, 15) is 10.1 Å². The second-order valence-electron chi connectivity index (χ2n) is 6.36. The van der Waals surface area contributed by atoms with E-state index >= 15 is 0 Å². The molecule has 1 aliphatic heterocycles. The Kier molecular flexibility index (Phi) is 3.18. The molecule has 23 heavy (non-hydrogen) atoms. The molecule has 0 spiro atoms. The molecule has 4 nitrogen and oxygen atoms in total. The largest absolute Gasteiger partial charge is 0.377 e. The number of fused-ring (bicyclic) bond motifs is 3. The van der Waals surface area contributed by atoms with Gasteiger partial charge >= 0.3 is 0 Å². The topological polar surface area (TPSA) is 55.2 Å². The van der Waals surface area contributed by atoms with Crippen molar-refractivity contribution in [2.45, 2.75) is 25.3 Å². The number of allylic oxidation sites excluding steroid dienone is 2. The van der Waals surface area contributed by atoms with Gasteiger partial charge in [-0.25, -0.2) is 0 Å². The van der Waals surface area contributed by atoms with Gasteiger partial charge in [0, 0.05) is 23.7 Å². The number of non-ortho nitro benzene ring substituents is 1. The van der Waals surface area contributed by atoms with Gasteiger partial charge < -0.3 is 5.32 Å². The smallest absolute Gasteiger partial charge is 0.269 e. The average molecular weight is 306 g/mol. The molecular formula is C19H18N2O2. The first-order valence-electron chi connectivity index (χ1n) is 7.92. The van der Waals surface area contributed by atoms with Crippen molar-refractivity contribution >= 4 is 11.4 Å². The predicted octanol–water partition coefficient (Wildman–Crippen LogP) is 4.73. The number of hydrogen-bond acceptors (Lipinski definition) is 3. The molecule has 0 bridgehead atoms. The molecule has 0 saturated heterocycles. The monoisotopic (exact) mass is 306 g/mol. The van der Waals surface area contributed by atoms with Gasteiger partial charge in [-0.3, -0.25) is 10.1 Å². The Bertz CT molecular complexity index is 796. The van der Waals surface area contributed by atoms with Crippen LogP contribution in [0.25, 0.3) is 0 Å². The van der Waals surface area contributed by atoms with Crippen molar-refractivity contribution in [2.24, 2.45) is 5.92 Å². The second-order valence-corrected chi connectivity index (χ2v) is 6.36. The van der Waals surface area contributed by atoms with E-state index in [0.717, 1.165) is 12.0 Å². The average Bonchev–Trinajstić information content (AvgIpc) is 3.04. The molecule has 2 aliphatic rings. The number of aryl methyl sites for hydroxylation is 1. The van der Waals surface area contributed by atoms with Crippen LogP contribution in [0.2, 0.25) is 0 Å². The van der Waals surface area contributed by atoms with Gasteiger partial charge in [0.25, 0.3) is 5.69 Å². The zero-order valence-corrected chi connectivity index (χ0v) is 12.9. The normalized spacial score (nSPS) is 24.7. The number of nitro groups is 1. The van der Waals surface area contributed by atoms with E-state index < -0.39 is 0 Å². The number of nitro benzene ring substituents is 1. The molecular weight excluding hydrogens is 288 g/mol. The quantitative estimate of drug-likeness (QED) is 0.496. The lowest BCUT2D eigenvalue weighted by molar-refractivity contribution is -0.384. The van der Waals surface area contributed by atoms with Gasteiger partial charge in [-0.2, -0.15) is 0 Å². The fraction of sp³-hybridized carbons (Fsp3) is 0.263. The third-order valence-electron chi connectivity index (χ3n) is 5.07. The summed E-state index contributed by atoms with van der Waals surface area (Å²) in [5.74, 6) is 0.886. The Balaban J connectivity index is 1.75. The van der Waals surface area contributed by atoms with Crippen molar-refractivity contribution < 1.29 is 4.92 Å². The Morgan fingerprint density at radius 2 is 1.96 bits per heavy atom. The minimum Gasteiger partial charge on any atom is -0.377 e. The van der Waals surface area contributed by atoms with E-state index in [2.05, 4.69) is 42.6 Å². The van der Waals surface area contributed by atoms with E-state index in [1.54, 1.807) is 12.1 Å². The lowest BCUT2D eigenvalue weighted by Crippen LogP contribution is -2.29. The molecule has 1 heterocycles. The summed E-state index contributed by atoms with van der Waals surface area (Å²) >= 11 is 0. The molecule has 0 amide bonds. The van der Waals surface area contributed by atoms with Gasteiger partial charge in [-0.1, -0.05) is 42.5 Å². The summed E-state index contributed by atoms with van der Waals surface area (Å²) in [4.78, 5) is 10.5. The molecule has 116 valence electrons. The number of para-hydroxylation sites is 1. The molecule has 4 heteroatoms. The Hall–Kier alpha value is -2.62. The number of nitrogens with zero attached hydrogens (tertiary/aromatic N) is 1. The molecule has 0 aromatic heterocycles.